The second-order valence-corrected chi connectivity index (χ2v) is 5.15. The maximum absolute atomic E-state index is 13.8. The molecule has 1 unspecified atom stereocenters. The van der Waals surface area contributed by atoms with Gasteiger partial charge in [0, 0.05) is 11.8 Å². The van der Waals surface area contributed by atoms with Gasteiger partial charge in [0.15, 0.2) is 0 Å². The first-order valence-electron chi connectivity index (χ1n) is 6.88. The summed E-state index contributed by atoms with van der Waals surface area (Å²) >= 11 is 0. The zero-order chi connectivity index (χ0) is 12.8. The number of hydrazine groups is 1. The van der Waals surface area contributed by atoms with E-state index in [9.17, 15) is 4.39 Å². The molecule has 1 aromatic heterocycles. The zero-order valence-electron chi connectivity index (χ0n) is 10.7. The molecule has 1 aromatic rings. The zero-order valence-corrected chi connectivity index (χ0v) is 10.7. The van der Waals surface area contributed by atoms with Gasteiger partial charge in [-0.1, -0.05) is 32.1 Å². The van der Waals surface area contributed by atoms with Gasteiger partial charge in [0.05, 0.1) is 12.2 Å². The van der Waals surface area contributed by atoms with Crippen LogP contribution < -0.4 is 11.3 Å². The summed E-state index contributed by atoms with van der Waals surface area (Å²) in [4.78, 5) is 3.80. The summed E-state index contributed by atoms with van der Waals surface area (Å²) in [6, 6.07) is 1.64. The Bertz CT molecular complexity index is 362. The minimum Gasteiger partial charge on any atom is -0.271 e. The molecule has 0 aromatic carbocycles. The van der Waals surface area contributed by atoms with Crippen molar-refractivity contribution < 1.29 is 4.39 Å². The molecular weight excluding hydrogens is 229 g/mol. The maximum atomic E-state index is 13.8. The summed E-state index contributed by atoms with van der Waals surface area (Å²) in [5.74, 6) is 5.82. The molecule has 100 valence electrons. The second kappa shape index (κ2) is 6.81. The number of hydrogen-bond donors (Lipinski definition) is 2. The fourth-order valence-corrected chi connectivity index (χ4v) is 2.94. The molecule has 2 rings (SSSR count). The van der Waals surface area contributed by atoms with E-state index < -0.39 is 0 Å². The average molecular weight is 251 g/mol. The van der Waals surface area contributed by atoms with Gasteiger partial charge in [0.1, 0.15) is 5.82 Å². The molecule has 0 amide bonds. The highest BCUT2D eigenvalue weighted by Crippen LogP contribution is 2.33. The largest absolute Gasteiger partial charge is 0.271 e. The highest BCUT2D eigenvalue weighted by molar-refractivity contribution is 5.18. The quantitative estimate of drug-likeness (QED) is 0.641. The van der Waals surface area contributed by atoms with Crippen molar-refractivity contribution in [1.82, 2.24) is 10.4 Å². The first-order chi connectivity index (χ1) is 8.83. The van der Waals surface area contributed by atoms with Crippen LogP contribution in [0.3, 0.4) is 0 Å². The van der Waals surface area contributed by atoms with Crippen molar-refractivity contribution in [3.05, 3.63) is 29.8 Å². The lowest BCUT2D eigenvalue weighted by Gasteiger charge is -2.28. The summed E-state index contributed by atoms with van der Waals surface area (Å²) in [6.45, 7) is 0. The van der Waals surface area contributed by atoms with Gasteiger partial charge < -0.3 is 0 Å². The Kier molecular flexibility index (Phi) is 5.08. The number of halogens is 1. The van der Waals surface area contributed by atoms with Crippen LogP contribution in [0.25, 0.3) is 0 Å². The van der Waals surface area contributed by atoms with E-state index in [2.05, 4.69) is 10.4 Å². The second-order valence-electron chi connectivity index (χ2n) is 5.15. The molecule has 0 aliphatic heterocycles. The van der Waals surface area contributed by atoms with Gasteiger partial charge in [-0.05, 0) is 24.8 Å². The summed E-state index contributed by atoms with van der Waals surface area (Å²) in [5.41, 5.74) is 3.46. The fourth-order valence-electron chi connectivity index (χ4n) is 2.94. The third-order valence-electron chi connectivity index (χ3n) is 3.94. The SMILES string of the molecule is NNC(c1ccncc1F)C1CCCCCCC1. The number of nitrogens with one attached hydrogen (secondary N) is 1. The molecule has 3 N–H and O–H groups in total. The lowest BCUT2D eigenvalue weighted by Crippen LogP contribution is -2.34. The van der Waals surface area contributed by atoms with E-state index in [1.54, 1.807) is 12.3 Å². The Hall–Kier alpha value is -1.00. The van der Waals surface area contributed by atoms with Gasteiger partial charge in [-0.15, -0.1) is 0 Å². The minimum absolute atomic E-state index is 0.0916. The Morgan fingerprint density at radius 1 is 1.22 bits per heavy atom. The topological polar surface area (TPSA) is 50.9 Å². The summed E-state index contributed by atoms with van der Waals surface area (Å²) in [5, 5.41) is 0. The lowest BCUT2D eigenvalue weighted by atomic mass is 9.83. The molecule has 4 heteroatoms. The van der Waals surface area contributed by atoms with Gasteiger partial charge >= 0.3 is 0 Å². The average Bonchev–Trinajstić information content (AvgIpc) is 2.34. The van der Waals surface area contributed by atoms with Crippen LogP contribution in [0.5, 0.6) is 0 Å². The third-order valence-corrected chi connectivity index (χ3v) is 3.94. The summed E-state index contributed by atoms with van der Waals surface area (Å²) < 4.78 is 13.8. The Morgan fingerprint density at radius 2 is 1.89 bits per heavy atom. The van der Waals surface area contributed by atoms with Crippen molar-refractivity contribution in [2.45, 2.75) is 51.0 Å². The van der Waals surface area contributed by atoms with E-state index >= 15 is 0 Å². The van der Waals surface area contributed by atoms with Crippen LogP contribution in [0.4, 0.5) is 4.39 Å². The molecule has 0 radical (unpaired) electrons. The lowest BCUT2D eigenvalue weighted by molar-refractivity contribution is 0.285. The first-order valence-corrected chi connectivity index (χ1v) is 6.88. The smallest absolute Gasteiger partial charge is 0.146 e. The molecule has 1 heterocycles. The van der Waals surface area contributed by atoms with Gasteiger partial charge in [0.25, 0.3) is 0 Å². The molecule has 18 heavy (non-hydrogen) atoms. The van der Waals surface area contributed by atoms with E-state index in [-0.39, 0.29) is 11.9 Å². The minimum atomic E-state index is -0.262. The van der Waals surface area contributed by atoms with Gasteiger partial charge in [0.2, 0.25) is 0 Å². The predicted octanol–water partition coefficient (Wildman–Crippen LogP) is 3.09. The van der Waals surface area contributed by atoms with Crippen molar-refractivity contribution >= 4 is 0 Å². The molecule has 3 nitrogen and oxygen atoms in total. The van der Waals surface area contributed by atoms with E-state index in [0.717, 1.165) is 12.8 Å². The molecular formula is C14H22FN3. The maximum Gasteiger partial charge on any atom is 0.146 e. The number of rotatable bonds is 3. The van der Waals surface area contributed by atoms with Crippen LogP contribution in [0.2, 0.25) is 0 Å². The molecule has 0 bridgehead atoms. The summed E-state index contributed by atoms with van der Waals surface area (Å²) in [6.07, 6.45) is 11.5. The number of nitrogens with zero attached hydrogens (tertiary/aromatic N) is 1. The van der Waals surface area contributed by atoms with Gasteiger partial charge in [-0.25, -0.2) is 4.39 Å². The van der Waals surface area contributed by atoms with Crippen LogP contribution in [-0.2, 0) is 0 Å². The van der Waals surface area contributed by atoms with Crippen molar-refractivity contribution in [1.29, 1.82) is 0 Å². The Labute approximate surface area is 108 Å². The van der Waals surface area contributed by atoms with Crippen molar-refractivity contribution in [3.63, 3.8) is 0 Å². The molecule has 0 spiro atoms. The standard InChI is InChI=1S/C14H22FN3/c15-13-10-17-9-8-12(13)14(18-16)11-6-4-2-1-3-5-7-11/h8-11,14,18H,1-7,16H2. The Balaban J connectivity index is 2.13. The number of hydrogen-bond acceptors (Lipinski definition) is 3. The first kappa shape index (κ1) is 13.4. The fraction of sp³-hybridized carbons (Fsp3) is 0.643. The molecule has 1 atom stereocenters. The van der Waals surface area contributed by atoms with Crippen LogP contribution in [-0.4, -0.2) is 4.98 Å². The number of aromatic nitrogens is 1. The van der Waals surface area contributed by atoms with E-state index in [1.807, 2.05) is 0 Å². The van der Waals surface area contributed by atoms with E-state index in [1.165, 1.54) is 38.3 Å². The molecule has 1 saturated carbocycles. The van der Waals surface area contributed by atoms with Gasteiger partial charge in [-0.2, -0.15) is 0 Å². The van der Waals surface area contributed by atoms with Crippen LogP contribution in [0, 0.1) is 11.7 Å². The van der Waals surface area contributed by atoms with Crippen LogP contribution in [0.1, 0.15) is 56.6 Å². The Morgan fingerprint density at radius 3 is 2.50 bits per heavy atom. The molecule has 1 aliphatic rings. The molecule has 1 fully saturated rings. The highest BCUT2D eigenvalue weighted by Gasteiger charge is 2.24. The van der Waals surface area contributed by atoms with Crippen LogP contribution >= 0.6 is 0 Å². The van der Waals surface area contributed by atoms with Crippen molar-refractivity contribution in [2.24, 2.45) is 11.8 Å². The monoisotopic (exact) mass is 251 g/mol. The molecule has 0 saturated heterocycles. The van der Waals surface area contributed by atoms with Crippen molar-refractivity contribution in [2.75, 3.05) is 0 Å². The van der Waals surface area contributed by atoms with E-state index in [4.69, 9.17) is 5.84 Å². The normalized spacial score (nSPS) is 20.1. The highest BCUT2D eigenvalue weighted by atomic mass is 19.1. The number of pyridine rings is 1. The van der Waals surface area contributed by atoms with Crippen molar-refractivity contribution in [3.8, 4) is 0 Å². The number of nitrogens with two attached hydrogens (primary N) is 1. The molecule has 1 aliphatic carbocycles. The summed E-state index contributed by atoms with van der Waals surface area (Å²) in [7, 11) is 0. The van der Waals surface area contributed by atoms with E-state index in [0.29, 0.717) is 11.5 Å². The third kappa shape index (κ3) is 3.27. The van der Waals surface area contributed by atoms with Crippen LogP contribution in [0.15, 0.2) is 18.5 Å². The predicted molar refractivity (Wildman–Crippen MR) is 70.1 cm³/mol. The van der Waals surface area contributed by atoms with Gasteiger partial charge in [-0.3, -0.25) is 16.3 Å².